The van der Waals surface area contributed by atoms with E-state index in [-0.39, 0.29) is 35.2 Å². The fourth-order valence-corrected chi connectivity index (χ4v) is 4.05. The highest BCUT2D eigenvalue weighted by atomic mass is 32.2. The second-order valence-electron chi connectivity index (χ2n) is 6.06. The summed E-state index contributed by atoms with van der Waals surface area (Å²) in [5.41, 5.74) is 0.828. The Morgan fingerprint density at radius 3 is 2.63 bits per heavy atom. The Morgan fingerprint density at radius 1 is 1.19 bits per heavy atom. The summed E-state index contributed by atoms with van der Waals surface area (Å²) in [5, 5.41) is 6.34. The molecule has 27 heavy (non-hydrogen) atoms. The van der Waals surface area contributed by atoms with E-state index in [4.69, 9.17) is 14.0 Å². The summed E-state index contributed by atoms with van der Waals surface area (Å²) in [7, 11) is -3.79. The number of ether oxygens (including phenoxy) is 2. The molecule has 1 aromatic heterocycles. The van der Waals surface area contributed by atoms with Gasteiger partial charge in [-0.2, -0.15) is 0 Å². The van der Waals surface area contributed by atoms with Crippen molar-refractivity contribution in [1.29, 1.82) is 0 Å². The fourth-order valence-electron chi connectivity index (χ4n) is 2.69. The van der Waals surface area contributed by atoms with Crippen LogP contribution in [0, 0.1) is 13.8 Å². The summed E-state index contributed by atoms with van der Waals surface area (Å²) in [6, 6.07) is 5.13. The van der Waals surface area contributed by atoms with Gasteiger partial charge in [-0.25, -0.2) is 13.1 Å². The molecule has 1 aromatic carbocycles. The Bertz CT molecular complexity index is 919. The van der Waals surface area contributed by atoms with Gasteiger partial charge in [0, 0.05) is 31.1 Å². The molecule has 1 amide bonds. The first-order valence-corrected chi connectivity index (χ1v) is 9.97. The van der Waals surface area contributed by atoms with Crippen molar-refractivity contribution in [2.24, 2.45) is 0 Å². The quantitative estimate of drug-likeness (QED) is 0.765. The molecule has 0 atom stereocenters. The third kappa shape index (κ3) is 4.58. The van der Waals surface area contributed by atoms with Crippen molar-refractivity contribution in [1.82, 2.24) is 9.88 Å². The van der Waals surface area contributed by atoms with Crippen LogP contribution < -0.4 is 19.5 Å². The summed E-state index contributed by atoms with van der Waals surface area (Å²) in [5.74, 6) is 1.09. The van der Waals surface area contributed by atoms with Crippen molar-refractivity contribution in [3.63, 3.8) is 0 Å². The van der Waals surface area contributed by atoms with Crippen LogP contribution >= 0.6 is 0 Å². The SMILES string of the molecule is Cc1noc(C)c1S(=O)(=O)NCCC(=O)Nc1ccc2c(c1)OCCCO2. The monoisotopic (exact) mass is 395 g/mol. The van der Waals surface area contributed by atoms with Gasteiger partial charge in [-0.3, -0.25) is 4.79 Å². The van der Waals surface area contributed by atoms with Gasteiger partial charge in [-0.15, -0.1) is 0 Å². The number of amides is 1. The van der Waals surface area contributed by atoms with E-state index in [1.165, 1.54) is 6.92 Å². The summed E-state index contributed by atoms with van der Waals surface area (Å²) >= 11 is 0. The minimum absolute atomic E-state index is 0.00538. The Balaban J connectivity index is 1.55. The highest BCUT2D eigenvalue weighted by Gasteiger charge is 2.23. The fraction of sp³-hybridized carbons (Fsp3) is 0.412. The number of fused-ring (bicyclic) bond motifs is 1. The van der Waals surface area contributed by atoms with E-state index < -0.39 is 10.0 Å². The molecule has 0 fully saturated rings. The number of anilines is 1. The molecule has 0 aliphatic carbocycles. The molecule has 10 heteroatoms. The Morgan fingerprint density at radius 2 is 1.93 bits per heavy atom. The highest BCUT2D eigenvalue weighted by molar-refractivity contribution is 7.89. The number of aryl methyl sites for hydroxylation is 2. The normalized spacial score (nSPS) is 13.9. The van der Waals surface area contributed by atoms with Crippen molar-refractivity contribution in [3.05, 3.63) is 29.7 Å². The number of hydrogen-bond acceptors (Lipinski definition) is 7. The van der Waals surface area contributed by atoms with Crippen molar-refractivity contribution in [2.75, 3.05) is 25.1 Å². The van der Waals surface area contributed by atoms with Gasteiger partial charge in [0.1, 0.15) is 10.6 Å². The molecule has 0 radical (unpaired) electrons. The molecular weight excluding hydrogens is 374 g/mol. The van der Waals surface area contributed by atoms with Gasteiger partial charge in [0.05, 0.1) is 13.2 Å². The van der Waals surface area contributed by atoms with Crippen LogP contribution in [0.5, 0.6) is 11.5 Å². The molecule has 0 saturated heterocycles. The van der Waals surface area contributed by atoms with Crippen molar-refractivity contribution < 1.29 is 27.2 Å². The number of nitrogens with one attached hydrogen (secondary N) is 2. The van der Waals surface area contributed by atoms with Gasteiger partial charge in [0.2, 0.25) is 15.9 Å². The van der Waals surface area contributed by atoms with Crippen LogP contribution in [0.4, 0.5) is 5.69 Å². The van der Waals surface area contributed by atoms with Crippen LogP contribution in [0.1, 0.15) is 24.3 Å². The predicted molar refractivity (Wildman–Crippen MR) is 96.5 cm³/mol. The minimum atomic E-state index is -3.79. The number of rotatable bonds is 6. The molecule has 0 bridgehead atoms. The smallest absolute Gasteiger partial charge is 0.245 e. The van der Waals surface area contributed by atoms with Crippen LogP contribution in [-0.4, -0.2) is 39.2 Å². The summed E-state index contributed by atoms with van der Waals surface area (Å²) in [6.07, 6.45) is 0.763. The predicted octanol–water partition coefficient (Wildman–Crippen LogP) is 1.76. The first-order chi connectivity index (χ1) is 12.9. The topological polar surface area (TPSA) is 120 Å². The van der Waals surface area contributed by atoms with Gasteiger partial charge in [-0.1, -0.05) is 5.16 Å². The number of carbonyl (C=O) groups is 1. The average molecular weight is 395 g/mol. The summed E-state index contributed by atoms with van der Waals surface area (Å²) in [4.78, 5) is 12.1. The molecule has 2 aromatic rings. The van der Waals surface area contributed by atoms with Crippen molar-refractivity contribution in [3.8, 4) is 11.5 Å². The second kappa shape index (κ2) is 7.97. The lowest BCUT2D eigenvalue weighted by molar-refractivity contribution is -0.116. The Labute approximate surface area is 157 Å². The number of sulfonamides is 1. The first-order valence-electron chi connectivity index (χ1n) is 8.49. The lowest BCUT2D eigenvalue weighted by atomic mass is 10.2. The van der Waals surface area contributed by atoms with Crippen LogP contribution in [0.3, 0.4) is 0 Å². The zero-order chi connectivity index (χ0) is 19.4. The molecule has 0 spiro atoms. The number of aromatic nitrogens is 1. The number of nitrogens with zero attached hydrogens (tertiary/aromatic N) is 1. The van der Waals surface area contributed by atoms with Gasteiger partial charge >= 0.3 is 0 Å². The van der Waals surface area contributed by atoms with E-state index in [1.54, 1.807) is 25.1 Å². The summed E-state index contributed by atoms with van der Waals surface area (Å²) < 4.78 is 43.0. The number of benzene rings is 1. The van der Waals surface area contributed by atoms with Crippen LogP contribution in [-0.2, 0) is 14.8 Å². The standard InChI is InChI=1S/C17H21N3O6S/c1-11-17(12(2)26-20-11)27(22,23)18-7-6-16(21)19-13-4-5-14-15(10-13)25-9-3-8-24-14/h4-5,10,18H,3,6-9H2,1-2H3,(H,19,21). The molecule has 1 aliphatic rings. The van der Waals surface area contributed by atoms with Crippen molar-refractivity contribution in [2.45, 2.75) is 31.6 Å². The molecule has 1 aliphatic heterocycles. The van der Waals surface area contributed by atoms with E-state index >= 15 is 0 Å². The van der Waals surface area contributed by atoms with Crippen molar-refractivity contribution >= 4 is 21.6 Å². The lowest BCUT2D eigenvalue weighted by Crippen LogP contribution is -2.28. The maximum atomic E-state index is 12.3. The van der Waals surface area contributed by atoms with Gasteiger partial charge < -0.3 is 19.3 Å². The van der Waals surface area contributed by atoms with E-state index in [0.29, 0.717) is 30.4 Å². The average Bonchev–Trinajstić information content (AvgIpc) is 2.81. The van der Waals surface area contributed by atoms with Crippen LogP contribution in [0.2, 0.25) is 0 Å². The number of carbonyl (C=O) groups excluding carboxylic acids is 1. The van der Waals surface area contributed by atoms with Gasteiger partial charge in [0.15, 0.2) is 17.3 Å². The molecular formula is C17H21N3O6S. The molecule has 3 rings (SSSR count). The highest BCUT2D eigenvalue weighted by Crippen LogP contribution is 2.32. The Kier molecular flexibility index (Phi) is 5.66. The largest absolute Gasteiger partial charge is 0.490 e. The maximum absolute atomic E-state index is 12.3. The third-order valence-corrected chi connectivity index (χ3v) is 5.62. The Hall–Kier alpha value is -2.59. The zero-order valence-corrected chi connectivity index (χ0v) is 15.9. The van der Waals surface area contributed by atoms with E-state index in [1.807, 2.05) is 0 Å². The number of hydrogen-bond donors (Lipinski definition) is 2. The van der Waals surface area contributed by atoms with E-state index in [0.717, 1.165) is 6.42 Å². The molecule has 0 saturated carbocycles. The molecule has 146 valence electrons. The molecule has 2 N–H and O–H groups in total. The van der Waals surface area contributed by atoms with Gasteiger partial charge in [0.25, 0.3) is 0 Å². The minimum Gasteiger partial charge on any atom is -0.490 e. The maximum Gasteiger partial charge on any atom is 0.245 e. The van der Waals surface area contributed by atoms with Crippen LogP contribution in [0.25, 0.3) is 0 Å². The van der Waals surface area contributed by atoms with Gasteiger partial charge in [-0.05, 0) is 26.0 Å². The van der Waals surface area contributed by atoms with E-state index in [2.05, 4.69) is 15.2 Å². The summed E-state index contributed by atoms with van der Waals surface area (Å²) in [6.45, 7) is 4.15. The first kappa shape index (κ1) is 19.2. The molecule has 9 nitrogen and oxygen atoms in total. The molecule has 2 heterocycles. The van der Waals surface area contributed by atoms with Crippen LogP contribution in [0.15, 0.2) is 27.6 Å². The zero-order valence-electron chi connectivity index (χ0n) is 15.1. The second-order valence-corrected chi connectivity index (χ2v) is 7.77. The molecule has 0 unspecified atom stereocenters. The lowest BCUT2D eigenvalue weighted by Gasteiger charge is -2.11. The van der Waals surface area contributed by atoms with E-state index in [9.17, 15) is 13.2 Å². The third-order valence-electron chi connectivity index (χ3n) is 3.91.